The summed E-state index contributed by atoms with van der Waals surface area (Å²) in [5, 5.41) is 0.0222. The first kappa shape index (κ1) is 29.0. The molecule has 0 saturated carbocycles. The lowest BCUT2D eigenvalue weighted by Gasteiger charge is -2.23. The van der Waals surface area contributed by atoms with Crippen LogP contribution in [-0.4, -0.2) is 35.1 Å². The van der Waals surface area contributed by atoms with Gasteiger partial charge in [0.25, 0.3) is 5.91 Å². The molecule has 1 heterocycles. The summed E-state index contributed by atoms with van der Waals surface area (Å²) < 4.78 is 76.1. The number of hydrogen-bond acceptors (Lipinski definition) is 5. The van der Waals surface area contributed by atoms with Crippen LogP contribution in [-0.2, 0) is 25.7 Å². The number of carbonyl (C=O) groups is 1. The number of anilines is 1. The first-order valence-corrected chi connectivity index (χ1v) is 11.8. The molecule has 194 valence electrons. The number of amides is 1. The van der Waals surface area contributed by atoms with Crippen LogP contribution in [0.25, 0.3) is 0 Å². The summed E-state index contributed by atoms with van der Waals surface area (Å²) in [6, 6.07) is 5.56. The van der Waals surface area contributed by atoms with E-state index in [2.05, 4.69) is 4.52 Å². The maximum absolute atomic E-state index is 16.3. The number of fused-ring (bicyclic) bond motifs is 1. The number of benzene rings is 2. The van der Waals surface area contributed by atoms with E-state index in [0.717, 1.165) is 12.1 Å². The number of rotatable bonds is 5. The van der Waals surface area contributed by atoms with Crippen LogP contribution in [0.1, 0.15) is 37.5 Å². The highest BCUT2D eigenvalue weighted by molar-refractivity contribution is 7.46. The van der Waals surface area contributed by atoms with Gasteiger partial charge in [0.2, 0.25) is 5.67 Å². The van der Waals surface area contributed by atoms with Gasteiger partial charge in [-0.25, -0.2) is 8.96 Å². The number of phosphoric ester groups is 1. The third-order valence-electron chi connectivity index (χ3n) is 4.41. The zero-order valence-electron chi connectivity index (χ0n) is 19.1. The molecule has 4 N–H and O–H groups in total. The average Bonchev–Trinajstić information content (AvgIpc) is 2.91. The van der Waals surface area contributed by atoms with Gasteiger partial charge in [-0.3, -0.25) is 14.2 Å². The second kappa shape index (κ2) is 10.0. The summed E-state index contributed by atoms with van der Waals surface area (Å²) in [5.74, 6) is -1.54. The number of nitrogens with two attached hydrogens (primary N) is 1. The van der Waals surface area contributed by atoms with Crippen molar-refractivity contribution in [3.05, 3.63) is 58.1 Å². The Morgan fingerprint density at radius 1 is 1.11 bits per heavy atom. The van der Waals surface area contributed by atoms with Gasteiger partial charge in [0.05, 0.1) is 18.4 Å². The molecule has 2 aromatic rings. The number of carbonyl (C=O) groups excluding carboxylic acids is 1. The Morgan fingerprint density at radius 2 is 1.69 bits per heavy atom. The first-order chi connectivity index (χ1) is 15.8. The Labute approximate surface area is 203 Å². The fourth-order valence-corrected chi connectivity index (χ4v) is 3.54. The van der Waals surface area contributed by atoms with E-state index < -0.39 is 49.1 Å². The Hall–Kier alpha value is -2.21. The molecular formula is C21H24ClF4N2O6P. The van der Waals surface area contributed by atoms with E-state index in [0.29, 0.717) is 17.0 Å². The zero-order valence-corrected chi connectivity index (χ0v) is 20.7. The van der Waals surface area contributed by atoms with Crippen molar-refractivity contribution in [2.45, 2.75) is 38.2 Å². The van der Waals surface area contributed by atoms with Crippen LogP contribution in [0.2, 0.25) is 5.02 Å². The fraction of sp³-hybridized carbons (Fsp3) is 0.381. The van der Waals surface area contributed by atoms with E-state index >= 15 is 4.39 Å². The molecule has 1 aliphatic heterocycles. The third kappa shape index (κ3) is 6.93. The van der Waals surface area contributed by atoms with E-state index in [9.17, 15) is 22.5 Å². The lowest BCUT2D eigenvalue weighted by molar-refractivity contribution is -0.137. The van der Waals surface area contributed by atoms with Gasteiger partial charge in [0, 0.05) is 21.7 Å². The van der Waals surface area contributed by atoms with Gasteiger partial charge in [-0.1, -0.05) is 17.7 Å². The molecule has 14 heteroatoms. The minimum Gasteiger partial charge on any atom is -0.496 e. The van der Waals surface area contributed by atoms with Gasteiger partial charge in [-0.05, 0) is 51.1 Å². The quantitative estimate of drug-likeness (QED) is 0.368. The van der Waals surface area contributed by atoms with Crippen molar-refractivity contribution >= 4 is 31.0 Å². The second-order valence-electron chi connectivity index (χ2n) is 8.58. The number of nitrogens with zero attached hydrogens (tertiary/aromatic N) is 1. The van der Waals surface area contributed by atoms with Gasteiger partial charge < -0.3 is 20.3 Å². The molecule has 0 bridgehead atoms. The summed E-state index contributed by atoms with van der Waals surface area (Å²) in [6.45, 7) is 4.71. The van der Waals surface area contributed by atoms with Crippen LogP contribution < -0.4 is 15.4 Å². The Bertz CT molecular complexity index is 1150. The molecule has 1 aliphatic rings. The van der Waals surface area contributed by atoms with Crippen LogP contribution in [0.15, 0.2) is 36.4 Å². The molecule has 3 rings (SSSR count). The normalized spacial score (nSPS) is 18.2. The van der Waals surface area contributed by atoms with Crippen molar-refractivity contribution < 1.29 is 46.0 Å². The van der Waals surface area contributed by atoms with Crippen molar-refractivity contribution in [3.8, 4) is 5.75 Å². The zero-order chi connectivity index (χ0) is 27.0. The molecule has 1 amide bonds. The molecule has 0 aromatic heterocycles. The monoisotopic (exact) mass is 542 g/mol. The van der Waals surface area contributed by atoms with E-state index in [4.69, 9.17) is 31.9 Å². The third-order valence-corrected chi connectivity index (χ3v) is 5.10. The molecule has 0 spiro atoms. The topological polar surface area (TPSA) is 122 Å². The maximum Gasteiger partial charge on any atom is 0.471 e. The number of halogens is 5. The molecule has 0 unspecified atom stereocenters. The van der Waals surface area contributed by atoms with E-state index in [1.54, 1.807) is 0 Å². The van der Waals surface area contributed by atoms with Crippen LogP contribution in [0.3, 0.4) is 0 Å². The molecule has 0 aliphatic carbocycles. The largest absolute Gasteiger partial charge is 0.496 e. The predicted molar refractivity (Wildman–Crippen MR) is 121 cm³/mol. The average molecular weight is 543 g/mol. The van der Waals surface area contributed by atoms with Crippen molar-refractivity contribution in [1.29, 1.82) is 0 Å². The van der Waals surface area contributed by atoms with E-state index in [1.807, 2.05) is 20.8 Å². The summed E-state index contributed by atoms with van der Waals surface area (Å²) in [5.41, 5.74) is -0.330. The second-order valence-corrected chi connectivity index (χ2v) is 10.3. The van der Waals surface area contributed by atoms with Gasteiger partial charge in [-0.15, -0.1) is 0 Å². The molecule has 1 atom stereocenters. The van der Waals surface area contributed by atoms with Gasteiger partial charge in [0.1, 0.15) is 12.5 Å². The molecule has 2 aromatic carbocycles. The standard InChI is InChI=1S/C17H13ClF4NO6P.C4H11N/c1-28-14-5-3-10(18)7-12(14)16(19)11-4-2-9(17(20,21)22)6-13(11)23(15(16)24)8-29-30(25,26)27;1-4(2,3)5/h2-7H,8H2,1H3,(H2,25,26,27);5H2,1-3H3/t16-;/m0./s1. The van der Waals surface area contributed by atoms with Gasteiger partial charge in [-0.2, -0.15) is 13.2 Å². The Kier molecular flexibility index (Phi) is 8.33. The van der Waals surface area contributed by atoms with Crippen LogP contribution in [0, 0.1) is 0 Å². The highest BCUT2D eigenvalue weighted by atomic mass is 35.5. The number of alkyl halides is 4. The minimum absolute atomic E-state index is 0. The van der Waals surface area contributed by atoms with E-state index in [-0.39, 0.29) is 21.9 Å². The molecular weight excluding hydrogens is 519 g/mol. The highest BCUT2D eigenvalue weighted by Gasteiger charge is 2.55. The summed E-state index contributed by atoms with van der Waals surface area (Å²) in [6.07, 6.45) is -4.82. The lowest BCUT2D eigenvalue weighted by atomic mass is 9.88. The van der Waals surface area contributed by atoms with Crippen molar-refractivity contribution in [3.63, 3.8) is 0 Å². The number of hydrogen-bond donors (Lipinski definition) is 3. The lowest BCUT2D eigenvalue weighted by Crippen LogP contribution is -2.39. The van der Waals surface area contributed by atoms with Crippen LogP contribution >= 0.6 is 19.4 Å². The maximum atomic E-state index is 16.3. The number of ether oxygens (including phenoxy) is 1. The predicted octanol–water partition coefficient (Wildman–Crippen LogP) is 4.74. The molecule has 0 saturated heterocycles. The Morgan fingerprint density at radius 3 is 2.17 bits per heavy atom. The van der Waals surface area contributed by atoms with Crippen molar-refractivity contribution in [1.82, 2.24) is 0 Å². The molecule has 0 fully saturated rings. The summed E-state index contributed by atoms with van der Waals surface area (Å²) in [4.78, 5) is 31.2. The molecule has 8 nitrogen and oxygen atoms in total. The summed E-state index contributed by atoms with van der Waals surface area (Å²) >= 11 is 5.91. The first-order valence-electron chi connectivity index (χ1n) is 9.84. The minimum atomic E-state index is -5.12. The highest BCUT2D eigenvalue weighted by Crippen LogP contribution is 2.52. The molecule has 0 radical (unpaired) electrons. The van der Waals surface area contributed by atoms with Gasteiger partial charge in [0.15, 0.2) is 0 Å². The summed E-state index contributed by atoms with van der Waals surface area (Å²) in [7, 11) is -3.93. The van der Waals surface area contributed by atoms with Crippen LogP contribution in [0.5, 0.6) is 5.75 Å². The van der Waals surface area contributed by atoms with Crippen molar-refractivity contribution in [2.75, 3.05) is 18.7 Å². The van der Waals surface area contributed by atoms with Crippen LogP contribution in [0.4, 0.5) is 23.2 Å². The Balaban J connectivity index is 0.000000784. The SMILES string of the molecule is CC(C)(C)N.COc1ccc(Cl)cc1[C@]1(F)C(=O)N(COP(=O)(O)O)c2cc(C(F)(F)F)ccc21. The van der Waals surface area contributed by atoms with E-state index in [1.165, 1.54) is 19.2 Å². The number of methoxy groups -OCH3 is 1. The molecule has 35 heavy (non-hydrogen) atoms. The number of phosphoric acid groups is 1. The smallest absolute Gasteiger partial charge is 0.471 e. The van der Waals surface area contributed by atoms with Crippen molar-refractivity contribution in [2.24, 2.45) is 5.73 Å². The van der Waals surface area contributed by atoms with Gasteiger partial charge >= 0.3 is 14.0 Å². The fourth-order valence-electron chi connectivity index (χ4n) is 3.10.